The number of hydrogen-bond acceptors (Lipinski definition) is 3. The molecule has 0 heterocycles. The van der Waals surface area contributed by atoms with Gasteiger partial charge in [0.15, 0.2) is 0 Å². The Hall–Kier alpha value is -2.02. The first-order chi connectivity index (χ1) is 7.69. The third-order valence-electron chi connectivity index (χ3n) is 2.73. The number of carbonyl (C=O) groups is 1. The predicted octanol–water partition coefficient (Wildman–Crippen LogP) is 1.80. The highest BCUT2D eigenvalue weighted by atomic mass is 16.5. The molecule has 0 aromatic heterocycles. The summed E-state index contributed by atoms with van der Waals surface area (Å²) in [5.74, 6) is -0.323. The maximum absolute atomic E-state index is 10.6. The summed E-state index contributed by atoms with van der Waals surface area (Å²) in [6.07, 6.45) is 1.12. The van der Waals surface area contributed by atoms with Gasteiger partial charge in [-0.1, -0.05) is 0 Å². The molecule has 16 heavy (non-hydrogen) atoms. The predicted molar refractivity (Wildman–Crippen MR) is 55.9 cm³/mol. The number of hydrogen-bond donors (Lipinski definition) is 1. The van der Waals surface area contributed by atoms with Gasteiger partial charge in [-0.25, -0.2) is 0 Å². The number of nitriles is 1. The molecular formula is C12H11NO3. The van der Waals surface area contributed by atoms with E-state index in [2.05, 4.69) is 0 Å². The molecule has 0 amide bonds. The fraction of sp³-hybridized carbons (Fsp3) is 0.333. The summed E-state index contributed by atoms with van der Waals surface area (Å²) in [6, 6.07) is 8.85. The Balaban J connectivity index is 1.87. The topological polar surface area (TPSA) is 70.3 Å². The fourth-order valence-corrected chi connectivity index (χ4v) is 1.66. The lowest BCUT2D eigenvalue weighted by Crippen LogP contribution is -2.38. The summed E-state index contributed by atoms with van der Waals surface area (Å²) in [4.78, 5) is 10.6. The largest absolute Gasteiger partial charge is 0.490 e. The van der Waals surface area contributed by atoms with Gasteiger partial charge in [0.25, 0.3) is 0 Å². The Morgan fingerprint density at radius 3 is 2.50 bits per heavy atom. The standard InChI is InChI=1S/C12H11NO3/c13-7-8-1-3-10(4-2-8)16-11-5-9(6-11)12(14)15/h1-4,9,11H,5-6H2,(H,14,15)/t9-,11+. The van der Waals surface area contributed by atoms with Crippen LogP contribution in [0.3, 0.4) is 0 Å². The highest BCUT2D eigenvalue weighted by Crippen LogP contribution is 2.31. The van der Waals surface area contributed by atoms with Crippen molar-refractivity contribution in [2.24, 2.45) is 5.92 Å². The van der Waals surface area contributed by atoms with Crippen molar-refractivity contribution >= 4 is 5.97 Å². The minimum Gasteiger partial charge on any atom is -0.490 e. The molecular weight excluding hydrogens is 206 g/mol. The third kappa shape index (κ3) is 2.14. The molecule has 0 spiro atoms. The van der Waals surface area contributed by atoms with E-state index in [1.165, 1.54) is 0 Å². The van der Waals surface area contributed by atoms with Crippen LogP contribution in [0.5, 0.6) is 5.75 Å². The molecule has 1 fully saturated rings. The van der Waals surface area contributed by atoms with E-state index in [-0.39, 0.29) is 12.0 Å². The summed E-state index contributed by atoms with van der Waals surface area (Å²) in [6.45, 7) is 0. The fourth-order valence-electron chi connectivity index (χ4n) is 1.66. The van der Waals surface area contributed by atoms with Gasteiger partial charge in [0, 0.05) is 0 Å². The normalized spacial score (nSPS) is 22.9. The zero-order chi connectivity index (χ0) is 11.5. The van der Waals surface area contributed by atoms with E-state index >= 15 is 0 Å². The molecule has 4 nitrogen and oxygen atoms in total. The van der Waals surface area contributed by atoms with Gasteiger partial charge in [-0.3, -0.25) is 4.79 Å². The van der Waals surface area contributed by atoms with E-state index in [9.17, 15) is 4.79 Å². The molecule has 0 aliphatic heterocycles. The van der Waals surface area contributed by atoms with E-state index in [1.54, 1.807) is 24.3 Å². The van der Waals surface area contributed by atoms with E-state index < -0.39 is 5.97 Å². The van der Waals surface area contributed by atoms with E-state index in [0.717, 1.165) is 0 Å². The Bertz CT molecular complexity index is 427. The summed E-state index contributed by atoms with van der Waals surface area (Å²) < 4.78 is 5.56. The lowest BCUT2D eigenvalue weighted by molar-refractivity contribution is -0.147. The van der Waals surface area contributed by atoms with Crippen LogP contribution in [0.15, 0.2) is 24.3 Å². The van der Waals surface area contributed by atoms with Gasteiger partial charge in [0.05, 0.1) is 17.6 Å². The SMILES string of the molecule is N#Cc1ccc(O[C@H]2C[C@@H](C(=O)O)C2)cc1. The first kappa shape index (κ1) is 10.5. The van der Waals surface area contributed by atoms with Gasteiger partial charge in [-0.15, -0.1) is 0 Å². The molecule has 0 unspecified atom stereocenters. The minimum atomic E-state index is -0.750. The first-order valence-corrected chi connectivity index (χ1v) is 5.08. The molecule has 1 N–H and O–H groups in total. The highest BCUT2D eigenvalue weighted by Gasteiger charge is 2.35. The number of nitrogens with zero attached hydrogens (tertiary/aromatic N) is 1. The van der Waals surface area contributed by atoms with Crippen LogP contribution in [0.2, 0.25) is 0 Å². The number of aliphatic carboxylic acids is 1. The lowest BCUT2D eigenvalue weighted by atomic mass is 9.82. The van der Waals surface area contributed by atoms with Gasteiger partial charge < -0.3 is 9.84 Å². The molecule has 1 aliphatic carbocycles. The molecule has 2 rings (SSSR count). The molecule has 1 aliphatic rings. The summed E-state index contributed by atoms with van der Waals surface area (Å²) in [7, 11) is 0. The molecule has 1 aromatic carbocycles. The van der Waals surface area contributed by atoms with Crippen molar-refractivity contribution in [3.05, 3.63) is 29.8 Å². The quantitative estimate of drug-likeness (QED) is 0.838. The molecule has 82 valence electrons. The first-order valence-electron chi connectivity index (χ1n) is 5.08. The van der Waals surface area contributed by atoms with Gasteiger partial charge in [-0.05, 0) is 37.1 Å². The van der Waals surface area contributed by atoms with Gasteiger partial charge >= 0.3 is 5.97 Å². The molecule has 0 radical (unpaired) electrons. The van der Waals surface area contributed by atoms with Crippen LogP contribution in [0.1, 0.15) is 18.4 Å². The van der Waals surface area contributed by atoms with Crippen LogP contribution in [0.4, 0.5) is 0 Å². The number of ether oxygens (including phenoxy) is 1. The molecule has 0 atom stereocenters. The molecule has 1 aromatic rings. The average molecular weight is 217 g/mol. The third-order valence-corrected chi connectivity index (χ3v) is 2.73. The van der Waals surface area contributed by atoms with Crippen LogP contribution in [0.25, 0.3) is 0 Å². The van der Waals surface area contributed by atoms with Crippen LogP contribution in [-0.2, 0) is 4.79 Å². The molecule has 4 heteroatoms. The molecule has 0 bridgehead atoms. The van der Waals surface area contributed by atoms with Crippen molar-refractivity contribution in [3.63, 3.8) is 0 Å². The zero-order valence-electron chi connectivity index (χ0n) is 8.59. The van der Waals surface area contributed by atoms with Crippen molar-refractivity contribution in [2.75, 3.05) is 0 Å². The summed E-state index contributed by atoms with van der Waals surface area (Å²) >= 11 is 0. The summed E-state index contributed by atoms with van der Waals surface area (Å²) in [5.41, 5.74) is 0.587. The van der Waals surface area contributed by atoms with Gasteiger partial charge in [0.2, 0.25) is 0 Å². The maximum atomic E-state index is 10.6. The van der Waals surface area contributed by atoms with E-state index in [4.69, 9.17) is 15.1 Å². The van der Waals surface area contributed by atoms with Gasteiger partial charge in [-0.2, -0.15) is 5.26 Å². The van der Waals surface area contributed by atoms with E-state index in [1.807, 2.05) is 6.07 Å². The smallest absolute Gasteiger partial charge is 0.306 e. The number of rotatable bonds is 3. The van der Waals surface area contributed by atoms with Crippen LogP contribution >= 0.6 is 0 Å². The monoisotopic (exact) mass is 217 g/mol. The van der Waals surface area contributed by atoms with Crippen LogP contribution in [-0.4, -0.2) is 17.2 Å². The van der Waals surface area contributed by atoms with Crippen LogP contribution in [0, 0.1) is 17.2 Å². The van der Waals surface area contributed by atoms with E-state index in [0.29, 0.717) is 24.2 Å². The minimum absolute atomic E-state index is 0.00552. The molecule has 0 saturated heterocycles. The number of benzene rings is 1. The highest BCUT2D eigenvalue weighted by molar-refractivity contribution is 5.71. The molecule has 1 saturated carbocycles. The number of carboxylic acids is 1. The van der Waals surface area contributed by atoms with Gasteiger partial charge in [0.1, 0.15) is 11.9 Å². The van der Waals surface area contributed by atoms with Crippen molar-refractivity contribution in [1.29, 1.82) is 5.26 Å². The Morgan fingerprint density at radius 1 is 1.38 bits per heavy atom. The zero-order valence-corrected chi connectivity index (χ0v) is 8.59. The average Bonchev–Trinajstić information content (AvgIpc) is 2.23. The Labute approximate surface area is 93.1 Å². The second kappa shape index (κ2) is 4.23. The second-order valence-corrected chi connectivity index (χ2v) is 3.88. The second-order valence-electron chi connectivity index (χ2n) is 3.88. The Kier molecular flexibility index (Phi) is 2.78. The van der Waals surface area contributed by atoms with Crippen molar-refractivity contribution in [2.45, 2.75) is 18.9 Å². The maximum Gasteiger partial charge on any atom is 0.306 e. The van der Waals surface area contributed by atoms with Crippen molar-refractivity contribution in [1.82, 2.24) is 0 Å². The van der Waals surface area contributed by atoms with Crippen molar-refractivity contribution < 1.29 is 14.6 Å². The lowest BCUT2D eigenvalue weighted by Gasteiger charge is -2.32. The van der Waals surface area contributed by atoms with Crippen molar-refractivity contribution in [3.8, 4) is 11.8 Å². The number of carboxylic acid groups (broad SMARTS) is 1. The Morgan fingerprint density at radius 2 is 2.00 bits per heavy atom. The van der Waals surface area contributed by atoms with Crippen LogP contribution < -0.4 is 4.74 Å². The summed E-state index contributed by atoms with van der Waals surface area (Å²) in [5, 5.41) is 17.3.